The summed E-state index contributed by atoms with van der Waals surface area (Å²) in [5.41, 5.74) is 7.43. The Balaban J connectivity index is 1.49. The highest BCUT2D eigenvalue weighted by molar-refractivity contribution is 5.95. The van der Waals surface area contributed by atoms with Gasteiger partial charge in [-0.15, -0.1) is 0 Å². The molecule has 0 radical (unpaired) electrons. The molecule has 0 spiro atoms. The van der Waals surface area contributed by atoms with Crippen LogP contribution in [0.25, 0.3) is 44.5 Å². The van der Waals surface area contributed by atoms with Crippen LogP contribution in [0, 0.1) is 0 Å². The van der Waals surface area contributed by atoms with Crippen LogP contribution in [0.4, 0.5) is 5.69 Å². The summed E-state index contributed by atoms with van der Waals surface area (Å²) in [6.45, 7) is 6.29. The quantitative estimate of drug-likeness (QED) is 0.321. The summed E-state index contributed by atoms with van der Waals surface area (Å²) in [5.74, 6) is 0. The van der Waals surface area contributed by atoms with E-state index in [9.17, 15) is 0 Å². The molecule has 0 unspecified atom stereocenters. The molecule has 3 N–H and O–H groups in total. The van der Waals surface area contributed by atoms with Crippen LogP contribution in [-0.2, 0) is 0 Å². The summed E-state index contributed by atoms with van der Waals surface area (Å²) < 4.78 is 0. The van der Waals surface area contributed by atoms with Crippen LogP contribution in [0.3, 0.4) is 0 Å². The zero-order valence-corrected chi connectivity index (χ0v) is 17.3. The monoisotopic (exact) mass is 409 g/mol. The summed E-state index contributed by atoms with van der Waals surface area (Å²) in [6, 6.07) is 8.19. The Kier molecular flexibility index (Phi) is 4.92. The van der Waals surface area contributed by atoms with Gasteiger partial charge in [0.05, 0.1) is 23.3 Å². The number of anilines is 1. The summed E-state index contributed by atoms with van der Waals surface area (Å²) in [6.07, 6.45) is 12.3. The van der Waals surface area contributed by atoms with Crippen LogP contribution < -0.4 is 5.32 Å². The molecule has 0 aliphatic rings. The van der Waals surface area contributed by atoms with Gasteiger partial charge in [0.1, 0.15) is 0 Å². The number of allylic oxidation sites excluding steroid dienone is 1. The van der Waals surface area contributed by atoms with Gasteiger partial charge >= 0.3 is 0 Å². The fourth-order valence-electron chi connectivity index (χ4n) is 3.69. The van der Waals surface area contributed by atoms with Gasteiger partial charge in [0.15, 0.2) is 5.65 Å². The van der Waals surface area contributed by atoms with Crippen LogP contribution in [0.15, 0.2) is 67.5 Å². The number of pyridine rings is 3. The molecule has 0 fully saturated rings. The SMILES string of the molecule is C=C(CCCC)Nc1cncc(-c2cnc3n[nH]c(-c4cc5cnccc5[nH]4)c3c2)c1. The molecule has 0 saturated heterocycles. The van der Waals surface area contributed by atoms with Gasteiger partial charge in [-0.1, -0.05) is 19.9 Å². The molecular weight excluding hydrogens is 386 g/mol. The predicted octanol–water partition coefficient (Wildman–Crippen LogP) is 5.68. The number of hydrogen-bond acceptors (Lipinski definition) is 5. The highest BCUT2D eigenvalue weighted by Gasteiger charge is 2.13. The fourth-order valence-corrected chi connectivity index (χ4v) is 3.69. The minimum Gasteiger partial charge on any atom is -0.358 e. The van der Waals surface area contributed by atoms with Crippen molar-refractivity contribution < 1.29 is 0 Å². The molecule has 31 heavy (non-hydrogen) atoms. The first kappa shape index (κ1) is 19.0. The smallest absolute Gasteiger partial charge is 0.181 e. The number of rotatable bonds is 7. The van der Waals surface area contributed by atoms with Crippen LogP contribution >= 0.6 is 0 Å². The average Bonchev–Trinajstić information content (AvgIpc) is 3.41. The zero-order chi connectivity index (χ0) is 21.2. The Morgan fingerprint density at radius 2 is 1.97 bits per heavy atom. The van der Waals surface area contributed by atoms with E-state index < -0.39 is 0 Å². The maximum Gasteiger partial charge on any atom is 0.181 e. The molecule has 5 rings (SSSR count). The van der Waals surface area contributed by atoms with Crippen molar-refractivity contribution in [3.05, 3.63) is 67.5 Å². The number of unbranched alkanes of at least 4 members (excludes halogenated alkanes) is 1. The molecule has 5 aromatic heterocycles. The third-order valence-corrected chi connectivity index (χ3v) is 5.32. The van der Waals surface area contributed by atoms with Crippen molar-refractivity contribution in [3.8, 4) is 22.5 Å². The van der Waals surface area contributed by atoms with Crippen LogP contribution in [0.1, 0.15) is 26.2 Å². The Morgan fingerprint density at radius 1 is 1.06 bits per heavy atom. The molecule has 0 aliphatic heterocycles. The van der Waals surface area contributed by atoms with Gasteiger partial charge in [-0.2, -0.15) is 5.10 Å². The second kappa shape index (κ2) is 8.02. The Labute approximate surface area is 179 Å². The van der Waals surface area contributed by atoms with Gasteiger partial charge in [-0.05, 0) is 37.1 Å². The minimum absolute atomic E-state index is 0.672. The Morgan fingerprint density at radius 3 is 2.84 bits per heavy atom. The van der Waals surface area contributed by atoms with Gasteiger partial charge in [-0.25, -0.2) is 4.98 Å². The number of hydrogen-bond donors (Lipinski definition) is 3. The zero-order valence-electron chi connectivity index (χ0n) is 17.3. The van der Waals surface area contributed by atoms with Crippen molar-refractivity contribution >= 4 is 27.6 Å². The van der Waals surface area contributed by atoms with Crippen molar-refractivity contribution in [2.45, 2.75) is 26.2 Å². The molecule has 5 heterocycles. The fraction of sp³-hybridized carbons (Fsp3) is 0.167. The van der Waals surface area contributed by atoms with Gasteiger partial charge in [0.25, 0.3) is 0 Å². The van der Waals surface area contributed by atoms with Crippen molar-refractivity contribution in [3.63, 3.8) is 0 Å². The molecule has 7 nitrogen and oxygen atoms in total. The van der Waals surface area contributed by atoms with Gasteiger partial charge in [-0.3, -0.25) is 15.1 Å². The number of nitrogens with one attached hydrogen (secondary N) is 3. The lowest BCUT2D eigenvalue weighted by atomic mass is 10.1. The van der Waals surface area contributed by atoms with E-state index in [1.807, 2.05) is 30.9 Å². The first-order chi connectivity index (χ1) is 15.2. The third kappa shape index (κ3) is 3.77. The highest BCUT2D eigenvalue weighted by Crippen LogP contribution is 2.31. The number of aromatic nitrogens is 6. The Bertz CT molecular complexity index is 1350. The topological polar surface area (TPSA) is 95.2 Å². The van der Waals surface area contributed by atoms with E-state index in [4.69, 9.17) is 0 Å². The van der Waals surface area contributed by atoms with Gasteiger partial charge in [0.2, 0.25) is 0 Å². The van der Waals surface area contributed by atoms with E-state index in [2.05, 4.69) is 67.2 Å². The molecule has 0 aromatic carbocycles. The van der Waals surface area contributed by atoms with Crippen molar-refractivity contribution in [2.75, 3.05) is 5.32 Å². The molecule has 0 saturated carbocycles. The van der Waals surface area contributed by atoms with E-state index in [0.29, 0.717) is 5.65 Å². The van der Waals surface area contributed by atoms with E-state index in [0.717, 1.165) is 69.5 Å². The molecule has 7 heteroatoms. The molecule has 5 aromatic rings. The average molecular weight is 409 g/mol. The maximum absolute atomic E-state index is 4.55. The van der Waals surface area contributed by atoms with Crippen molar-refractivity contribution in [2.24, 2.45) is 0 Å². The number of fused-ring (bicyclic) bond motifs is 2. The maximum atomic E-state index is 4.55. The van der Waals surface area contributed by atoms with Gasteiger partial charge < -0.3 is 10.3 Å². The molecule has 0 aliphatic carbocycles. The summed E-state index contributed by atoms with van der Waals surface area (Å²) >= 11 is 0. The first-order valence-electron chi connectivity index (χ1n) is 10.4. The second-order valence-electron chi connectivity index (χ2n) is 7.63. The number of H-pyrrole nitrogens is 2. The first-order valence-corrected chi connectivity index (χ1v) is 10.4. The van der Waals surface area contributed by atoms with E-state index in [1.54, 1.807) is 6.20 Å². The predicted molar refractivity (Wildman–Crippen MR) is 124 cm³/mol. The molecule has 0 bridgehead atoms. The molecule has 154 valence electrons. The largest absolute Gasteiger partial charge is 0.358 e. The standard InChI is InChI=1S/C24H23N7/c1-3-4-5-15(2)28-19-8-16(11-26-14-19)17-9-20-23(30-31-24(20)27-13-17)22-10-18-12-25-7-6-21(18)29-22/h6-14,28-29H,2-5H2,1H3,(H,27,30,31). The Hall–Kier alpha value is -4.00. The second-order valence-corrected chi connectivity index (χ2v) is 7.63. The molecule has 0 amide bonds. The van der Waals surface area contributed by atoms with Crippen LogP contribution in [-0.4, -0.2) is 30.1 Å². The van der Waals surface area contributed by atoms with Crippen LogP contribution in [0.2, 0.25) is 0 Å². The number of aromatic amines is 2. The lowest BCUT2D eigenvalue weighted by Crippen LogP contribution is -1.98. The van der Waals surface area contributed by atoms with Crippen molar-refractivity contribution in [1.82, 2.24) is 30.1 Å². The van der Waals surface area contributed by atoms with E-state index in [1.165, 1.54) is 0 Å². The normalized spacial score (nSPS) is 11.3. The van der Waals surface area contributed by atoms with Crippen LogP contribution in [0.5, 0.6) is 0 Å². The minimum atomic E-state index is 0.672. The summed E-state index contributed by atoms with van der Waals surface area (Å²) in [4.78, 5) is 16.6. The van der Waals surface area contributed by atoms with Gasteiger partial charge in [0, 0.05) is 57.9 Å². The molecular formula is C24H23N7. The van der Waals surface area contributed by atoms with E-state index >= 15 is 0 Å². The number of nitrogens with zero attached hydrogens (tertiary/aromatic N) is 4. The lowest BCUT2D eigenvalue weighted by molar-refractivity contribution is 0.791. The van der Waals surface area contributed by atoms with E-state index in [-0.39, 0.29) is 0 Å². The summed E-state index contributed by atoms with van der Waals surface area (Å²) in [7, 11) is 0. The third-order valence-electron chi connectivity index (χ3n) is 5.32. The highest BCUT2D eigenvalue weighted by atomic mass is 15.2. The van der Waals surface area contributed by atoms with Crippen molar-refractivity contribution in [1.29, 1.82) is 0 Å². The molecule has 0 atom stereocenters. The summed E-state index contributed by atoms with van der Waals surface area (Å²) in [5, 5.41) is 12.9. The lowest BCUT2D eigenvalue weighted by Gasteiger charge is -2.10.